The molecule has 4 nitrogen and oxygen atoms in total. The van der Waals surface area contributed by atoms with Crippen LogP contribution < -0.4 is 10.2 Å². The van der Waals surface area contributed by atoms with Crippen LogP contribution in [-0.2, 0) is 6.42 Å². The van der Waals surface area contributed by atoms with Crippen molar-refractivity contribution in [3.63, 3.8) is 0 Å². The van der Waals surface area contributed by atoms with E-state index >= 15 is 0 Å². The number of carbonyl (C=O) groups is 1. The molecule has 1 aromatic carbocycles. The first-order valence-electron chi connectivity index (χ1n) is 7.41. The monoisotopic (exact) mass is 279 g/mol. The van der Waals surface area contributed by atoms with E-state index in [-0.39, 0.29) is 5.78 Å². The van der Waals surface area contributed by atoms with Gasteiger partial charge in [-0.15, -0.1) is 0 Å². The van der Waals surface area contributed by atoms with E-state index in [9.17, 15) is 4.79 Å². The summed E-state index contributed by atoms with van der Waals surface area (Å²) in [5.74, 6) is 1.20. The largest absolute Gasteiger partial charge is 0.354 e. The molecule has 4 rings (SSSR count). The Kier molecular flexibility index (Phi) is 2.97. The minimum atomic E-state index is 0.190. The van der Waals surface area contributed by atoms with Gasteiger partial charge in [-0.1, -0.05) is 30.3 Å². The molecule has 0 unspecified atom stereocenters. The van der Waals surface area contributed by atoms with Crippen LogP contribution in [0, 0.1) is 0 Å². The number of ketones is 1. The van der Waals surface area contributed by atoms with Gasteiger partial charge in [-0.05, 0) is 11.6 Å². The van der Waals surface area contributed by atoms with E-state index in [2.05, 4.69) is 16.3 Å². The van der Waals surface area contributed by atoms with E-state index in [0.29, 0.717) is 6.42 Å². The van der Waals surface area contributed by atoms with E-state index < -0.39 is 0 Å². The van der Waals surface area contributed by atoms with Crippen LogP contribution in [-0.4, -0.2) is 36.9 Å². The van der Waals surface area contributed by atoms with Crippen LogP contribution in [0.15, 0.2) is 36.4 Å². The van der Waals surface area contributed by atoms with Crippen molar-refractivity contribution in [3.8, 4) is 11.3 Å². The first kappa shape index (κ1) is 12.5. The molecule has 2 aromatic rings. The average molecular weight is 279 g/mol. The zero-order valence-electron chi connectivity index (χ0n) is 11.8. The lowest BCUT2D eigenvalue weighted by Gasteiger charge is -2.29. The van der Waals surface area contributed by atoms with E-state index in [4.69, 9.17) is 4.98 Å². The number of nitrogens with zero attached hydrogens (tertiary/aromatic N) is 2. The lowest BCUT2D eigenvalue weighted by Crippen LogP contribution is -2.44. The number of Topliss-reactive ketones (excluding diaryl/α,β-unsaturated/α-hetero) is 1. The molecule has 0 spiro atoms. The fourth-order valence-corrected chi connectivity index (χ4v) is 3.12. The third-order valence-electron chi connectivity index (χ3n) is 4.24. The van der Waals surface area contributed by atoms with Crippen molar-refractivity contribution in [2.75, 3.05) is 31.1 Å². The lowest BCUT2D eigenvalue weighted by atomic mass is 9.88. The van der Waals surface area contributed by atoms with Crippen molar-refractivity contribution in [2.24, 2.45) is 0 Å². The average Bonchev–Trinajstić information content (AvgIpc) is 2.56. The number of hydrogen-bond donors (Lipinski definition) is 1. The Balaban J connectivity index is 1.80. The fourth-order valence-electron chi connectivity index (χ4n) is 3.12. The number of pyridine rings is 1. The van der Waals surface area contributed by atoms with E-state index in [1.807, 2.05) is 30.3 Å². The summed E-state index contributed by atoms with van der Waals surface area (Å²) in [5, 5.41) is 3.35. The smallest absolute Gasteiger partial charge is 0.167 e. The summed E-state index contributed by atoms with van der Waals surface area (Å²) in [6.45, 7) is 3.94. The molecule has 1 aliphatic carbocycles. The summed E-state index contributed by atoms with van der Waals surface area (Å²) >= 11 is 0. The van der Waals surface area contributed by atoms with Crippen LogP contribution in [0.3, 0.4) is 0 Å². The van der Waals surface area contributed by atoms with Crippen LogP contribution in [0.25, 0.3) is 11.3 Å². The highest BCUT2D eigenvalue weighted by Crippen LogP contribution is 2.33. The van der Waals surface area contributed by atoms with Gasteiger partial charge in [-0.2, -0.15) is 0 Å². The molecule has 1 aliphatic heterocycles. The minimum Gasteiger partial charge on any atom is -0.354 e. The lowest BCUT2D eigenvalue weighted by molar-refractivity contribution is 0.0991. The SMILES string of the molecule is O=C1Cc2ccc(N3CCNCC3)nc2-c2ccccc21. The van der Waals surface area contributed by atoms with Crippen molar-refractivity contribution in [1.82, 2.24) is 10.3 Å². The van der Waals surface area contributed by atoms with Crippen LogP contribution in [0.5, 0.6) is 0 Å². The second-order valence-corrected chi connectivity index (χ2v) is 5.56. The zero-order chi connectivity index (χ0) is 14.2. The molecule has 0 atom stereocenters. The molecule has 0 saturated carbocycles. The van der Waals surface area contributed by atoms with Gasteiger partial charge in [-0.25, -0.2) is 4.98 Å². The Hall–Kier alpha value is -2.20. The molecule has 1 aromatic heterocycles. The Morgan fingerprint density at radius 3 is 2.57 bits per heavy atom. The maximum Gasteiger partial charge on any atom is 0.167 e. The van der Waals surface area contributed by atoms with Gasteiger partial charge >= 0.3 is 0 Å². The fraction of sp³-hybridized carbons (Fsp3) is 0.294. The molecule has 0 radical (unpaired) electrons. The Morgan fingerprint density at radius 1 is 1.00 bits per heavy atom. The molecule has 21 heavy (non-hydrogen) atoms. The first-order valence-corrected chi connectivity index (χ1v) is 7.41. The quantitative estimate of drug-likeness (QED) is 0.866. The van der Waals surface area contributed by atoms with Crippen LogP contribution in [0.4, 0.5) is 5.82 Å². The van der Waals surface area contributed by atoms with E-state index in [1.165, 1.54) is 0 Å². The van der Waals surface area contributed by atoms with Crippen molar-refractivity contribution < 1.29 is 4.79 Å². The number of rotatable bonds is 1. The van der Waals surface area contributed by atoms with E-state index in [0.717, 1.165) is 54.4 Å². The second-order valence-electron chi connectivity index (χ2n) is 5.56. The van der Waals surface area contributed by atoms with Gasteiger partial charge in [0.15, 0.2) is 5.78 Å². The molecule has 2 aliphatic rings. The molecule has 1 saturated heterocycles. The maximum atomic E-state index is 12.2. The Labute approximate surface area is 123 Å². The Morgan fingerprint density at radius 2 is 1.76 bits per heavy atom. The molecule has 2 heterocycles. The summed E-state index contributed by atoms with van der Waals surface area (Å²) < 4.78 is 0. The van der Waals surface area contributed by atoms with Crippen molar-refractivity contribution >= 4 is 11.6 Å². The number of benzene rings is 1. The normalized spacial score (nSPS) is 17.3. The number of piperazine rings is 1. The molecular weight excluding hydrogens is 262 g/mol. The number of fused-ring (bicyclic) bond motifs is 3. The number of carbonyl (C=O) groups excluding carboxylic acids is 1. The van der Waals surface area contributed by atoms with Crippen molar-refractivity contribution in [3.05, 3.63) is 47.5 Å². The third kappa shape index (κ3) is 2.12. The summed E-state index contributed by atoms with van der Waals surface area (Å²) in [5.41, 5.74) is 3.79. The molecular formula is C17H17N3O. The number of anilines is 1. The molecule has 1 fully saturated rings. The van der Waals surface area contributed by atoms with Gasteiger partial charge in [0.2, 0.25) is 0 Å². The van der Waals surface area contributed by atoms with Gasteiger partial charge in [0.25, 0.3) is 0 Å². The van der Waals surface area contributed by atoms with Crippen LogP contribution in [0.1, 0.15) is 15.9 Å². The maximum absolute atomic E-state index is 12.2. The number of aromatic nitrogens is 1. The van der Waals surface area contributed by atoms with Crippen LogP contribution >= 0.6 is 0 Å². The summed E-state index contributed by atoms with van der Waals surface area (Å²) in [6.07, 6.45) is 0.460. The highest BCUT2D eigenvalue weighted by Gasteiger charge is 2.24. The standard InChI is InChI=1S/C17H17N3O/c21-15-11-12-5-6-16(20-9-7-18-8-10-20)19-17(12)14-4-2-1-3-13(14)15/h1-6,18H,7-11H2. The van der Waals surface area contributed by atoms with Crippen molar-refractivity contribution in [2.45, 2.75) is 6.42 Å². The molecule has 1 N–H and O–H groups in total. The molecule has 0 amide bonds. The summed E-state index contributed by atoms with van der Waals surface area (Å²) in [7, 11) is 0. The topological polar surface area (TPSA) is 45.2 Å². The van der Waals surface area contributed by atoms with Gasteiger partial charge < -0.3 is 10.2 Å². The van der Waals surface area contributed by atoms with Crippen LogP contribution in [0.2, 0.25) is 0 Å². The third-order valence-corrected chi connectivity index (χ3v) is 4.24. The zero-order valence-corrected chi connectivity index (χ0v) is 11.8. The summed E-state index contributed by atoms with van der Waals surface area (Å²) in [4.78, 5) is 19.3. The van der Waals surface area contributed by atoms with Crippen molar-refractivity contribution in [1.29, 1.82) is 0 Å². The molecule has 4 heteroatoms. The molecule has 106 valence electrons. The predicted molar refractivity (Wildman–Crippen MR) is 82.8 cm³/mol. The highest BCUT2D eigenvalue weighted by molar-refractivity contribution is 6.06. The predicted octanol–water partition coefficient (Wildman–Crippen LogP) is 1.90. The van der Waals surface area contributed by atoms with Gasteiger partial charge in [0.1, 0.15) is 5.82 Å². The van der Waals surface area contributed by atoms with Gasteiger partial charge in [-0.3, -0.25) is 4.79 Å². The second kappa shape index (κ2) is 4.97. The highest BCUT2D eigenvalue weighted by atomic mass is 16.1. The first-order chi connectivity index (χ1) is 10.3. The number of hydrogen-bond acceptors (Lipinski definition) is 4. The van der Waals surface area contributed by atoms with E-state index in [1.54, 1.807) is 0 Å². The number of nitrogens with one attached hydrogen (secondary N) is 1. The Bertz CT molecular complexity index is 705. The van der Waals surface area contributed by atoms with Gasteiger partial charge in [0.05, 0.1) is 5.69 Å². The molecule has 0 bridgehead atoms. The van der Waals surface area contributed by atoms with Gasteiger partial charge in [0, 0.05) is 43.7 Å². The summed E-state index contributed by atoms with van der Waals surface area (Å²) in [6, 6.07) is 11.9. The minimum absolute atomic E-state index is 0.190.